The van der Waals surface area contributed by atoms with Crippen LogP contribution in [0.5, 0.6) is 11.5 Å². The standard InChI is InChI=1S/C24H31N3O4/c1-6-16(3)27-23(25-19-11-9-8-10-18(19)24(27)29)17-12-13-20(21(14-17)30-7-2)31-15-22(28)26(4)5/h8-14,16,23,25H,6-7,15H2,1-5H3/t16-,23+/m0/s1. The van der Waals surface area contributed by atoms with Crippen molar-refractivity contribution in [3.63, 3.8) is 0 Å². The quantitative estimate of drug-likeness (QED) is 0.694. The fraction of sp³-hybridized carbons (Fsp3) is 0.417. The SMILES string of the molecule is CCOc1cc([C@@H]2Nc3ccccc3C(=O)N2[C@@H](C)CC)ccc1OCC(=O)N(C)C. The zero-order chi connectivity index (χ0) is 22.5. The maximum absolute atomic E-state index is 13.3. The molecule has 0 aliphatic carbocycles. The van der Waals surface area contributed by atoms with Crippen molar-refractivity contribution < 1.29 is 19.1 Å². The van der Waals surface area contributed by atoms with Crippen LogP contribution in [0.4, 0.5) is 5.69 Å². The van der Waals surface area contributed by atoms with Crippen molar-refractivity contribution in [1.82, 2.24) is 9.80 Å². The minimum Gasteiger partial charge on any atom is -0.490 e. The highest BCUT2D eigenvalue weighted by atomic mass is 16.5. The molecule has 0 radical (unpaired) electrons. The fourth-order valence-corrected chi connectivity index (χ4v) is 3.51. The molecule has 0 saturated carbocycles. The molecule has 7 heteroatoms. The number of carbonyl (C=O) groups is 2. The molecule has 0 unspecified atom stereocenters. The molecule has 2 atom stereocenters. The summed E-state index contributed by atoms with van der Waals surface area (Å²) in [6.07, 6.45) is 0.493. The first kappa shape index (κ1) is 22.5. The van der Waals surface area contributed by atoms with E-state index in [1.54, 1.807) is 20.2 Å². The third kappa shape index (κ3) is 4.76. The molecule has 1 heterocycles. The Bertz CT molecular complexity index is 944. The second-order valence-electron chi connectivity index (χ2n) is 7.78. The van der Waals surface area contributed by atoms with Gasteiger partial charge in [0.15, 0.2) is 18.1 Å². The van der Waals surface area contributed by atoms with Gasteiger partial charge in [-0.25, -0.2) is 0 Å². The number of carbonyl (C=O) groups excluding carboxylic acids is 2. The molecule has 0 bridgehead atoms. The third-order valence-electron chi connectivity index (χ3n) is 5.46. The van der Waals surface area contributed by atoms with Gasteiger partial charge in [-0.3, -0.25) is 9.59 Å². The van der Waals surface area contributed by atoms with Crippen LogP contribution in [-0.2, 0) is 4.79 Å². The molecule has 7 nitrogen and oxygen atoms in total. The molecule has 0 fully saturated rings. The Morgan fingerprint density at radius 3 is 2.55 bits per heavy atom. The lowest BCUT2D eigenvalue weighted by atomic mass is 10.0. The molecule has 0 saturated heterocycles. The van der Waals surface area contributed by atoms with Gasteiger partial charge in [0.1, 0.15) is 6.17 Å². The molecule has 2 aromatic carbocycles. The largest absolute Gasteiger partial charge is 0.490 e. The van der Waals surface area contributed by atoms with Gasteiger partial charge < -0.3 is 24.6 Å². The summed E-state index contributed by atoms with van der Waals surface area (Å²) in [6, 6.07) is 13.2. The van der Waals surface area contributed by atoms with Crippen molar-refractivity contribution in [3.8, 4) is 11.5 Å². The number of anilines is 1. The highest BCUT2D eigenvalue weighted by Gasteiger charge is 2.35. The normalized spacial score (nSPS) is 16.2. The van der Waals surface area contributed by atoms with Gasteiger partial charge in [0, 0.05) is 25.8 Å². The van der Waals surface area contributed by atoms with E-state index in [1.807, 2.05) is 55.1 Å². The van der Waals surface area contributed by atoms with Crippen LogP contribution >= 0.6 is 0 Å². The molecule has 1 aliphatic rings. The van der Waals surface area contributed by atoms with Gasteiger partial charge in [0.2, 0.25) is 0 Å². The number of benzene rings is 2. The number of para-hydroxylation sites is 1. The Morgan fingerprint density at radius 2 is 1.87 bits per heavy atom. The van der Waals surface area contributed by atoms with Crippen LogP contribution < -0.4 is 14.8 Å². The first-order chi connectivity index (χ1) is 14.9. The summed E-state index contributed by atoms with van der Waals surface area (Å²) >= 11 is 0. The summed E-state index contributed by atoms with van der Waals surface area (Å²) < 4.78 is 11.5. The molecule has 2 aromatic rings. The van der Waals surface area contributed by atoms with Crippen molar-refractivity contribution in [1.29, 1.82) is 0 Å². The van der Waals surface area contributed by atoms with Gasteiger partial charge in [-0.05, 0) is 50.1 Å². The Hall–Kier alpha value is -3.22. The lowest BCUT2D eigenvalue weighted by molar-refractivity contribution is -0.130. The molecule has 3 rings (SSSR count). The monoisotopic (exact) mass is 425 g/mol. The number of amides is 2. The number of nitrogens with zero attached hydrogens (tertiary/aromatic N) is 2. The lowest BCUT2D eigenvalue weighted by Gasteiger charge is -2.41. The van der Waals surface area contributed by atoms with Crippen LogP contribution in [0, 0.1) is 0 Å². The van der Waals surface area contributed by atoms with E-state index in [0.717, 1.165) is 17.7 Å². The van der Waals surface area contributed by atoms with Crippen molar-refractivity contribution in [3.05, 3.63) is 53.6 Å². The van der Waals surface area contributed by atoms with Crippen molar-refractivity contribution in [2.24, 2.45) is 0 Å². The highest BCUT2D eigenvalue weighted by Crippen LogP contribution is 2.38. The molecular formula is C24H31N3O4. The average molecular weight is 426 g/mol. The minimum absolute atomic E-state index is 0.00330. The van der Waals surface area contributed by atoms with E-state index in [2.05, 4.69) is 12.2 Å². The molecule has 1 N–H and O–H groups in total. The van der Waals surface area contributed by atoms with Gasteiger partial charge in [-0.15, -0.1) is 0 Å². The molecule has 2 amide bonds. The van der Waals surface area contributed by atoms with Crippen molar-refractivity contribution in [2.45, 2.75) is 39.4 Å². The van der Waals surface area contributed by atoms with Gasteiger partial charge in [0.25, 0.3) is 11.8 Å². The maximum atomic E-state index is 13.3. The number of ether oxygens (including phenoxy) is 2. The summed E-state index contributed by atoms with van der Waals surface area (Å²) in [5.74, 6) is 0.913. The highest BCUT2D eigenvalue weighted by molar-refractivity contribution is 6.01. The fourth-order valence-electron chi connectivity index (χ4n) is 3.51. The van der Waals surface area contributed by atoms with E-state index in [9.17, 15) is 9.59 Å². The van der Waals surface area contributed by atoms with Crippen LogP contribution in [0.2, 0.25) is 0 Å². The number of likely N-dealkylation sites (N-methyl/N-ethyl adjacent to an activating group) is 1. The Balaban J connectivity index is 1.96. The molecular weight excluding hydrogens is 394 g/mol. The van der Waals surface area contributed by atoms with Crippen LogP contribution in [-0.4, -0.2) is 55.0 Å². The second kappa shape index (κ2) is 9.73. The molecule has 166 valence electrons. The van der Waals surface area contributed by atoms with Gasteiger partial charge in [-0.2, -0.15) is 0 Å². The molecule has 0 aromatic heterocycles. The van der Waals surface area contributed by atoms with Crippen LogP contribution in [0.15, 0.2) is 42.5 Å². The van der Waals surface area contributed by atoms with Crippen molar-refractivity contribution in [2.75, 3.05) is 32.6 Å². The zero-order valence-electron chi connectivity index (χ0n) is 18.8. The van der Waals surface area contributed by atoms with Crippen LogP contribution in [0.25, 0.3) is 0 Å². The van der Waals surface area contributed by atoms with Crippen molar-refractivity contribution >= 4 is 17.5 Å². The zero-order valence-corrected chi connectivity index (χ0v) is 18.8. The number of fused-ring (bicyclic) bond motifs is 1. The minimum atomic E-state index is -0.339. The van der Waals surface area contributed by atoms with Gasteiger partial charge >= 0.3 is 0 Å². The molecule has 0 spiro atoms. The summed E-state index contributed by atoms with van der Waals surface area (Å²) in [5, 5.41) is 3.51. The lowest BCUT2D eigenvalue weighted by Crippen LogP contribution is -2.47. The summed E-state index contributed by atoms with van der Waals surface area (Å²) in [4.78, 5) is 28.6. The predicted molar refractivity (Wildman–Crippen MR) is 121 cm³/mol. The first-order valence-corrected chi connectivity index (χ1v) is 10.6. The van der Waals surface area contributed by atoms with Gasteiger partial charge in [0.05, 0.1) is 12.2 Å². The average Bonchev–Trinajstić information content (AvgIpc) is 2.77. The summed E-state index contributed by atoms with van der Waals surface area (Å²) in [5.41, 5.74) is 2.37. The second-order valence-corrected chi connectivity index (χ2v) is 7.78. The first-order valence-electron chi connectivity index (χ1n) is 10.6. The van der Waals surface area contributed by atoms with E-state index >= 15 is 0 Å². The Labute approximate surface area is 183 Å². The van der Waals surface area contributed by atoms with E-state index in [-0.39, 0.29) is 30.6 Å². The number of hydrogen-bond acceptors (Lipinski definition) is 5. The smallest absolute Gasteiger partial charge is 0.259 e. The summed E-state index contributed by atoms with van der Waals surface area (Å²) in [6.45, 7) is 6.40. The van der Waals surface area contributed by atoms with E-state index < -0.39 is 0 Å². The molecule has 31 heavy (non-hydrogen) atoms. The van der Waals surface area contributed by atoms with Gasteiger partial charge in [-0.1, -0.05) is 25.1 Å². The van der Waals surface area contributed by atoms with Crippen LogP contribution in [0.3, 0.4) is 0 Å². The summed E-state index contributed by atoms with van der Waals surface area (Å²) in [7, 11) is 3.37. The Morgan fingerprint density at radius 1 is 1.13 bits per heavy atom. The maximum Gasteiger partial charge on any atom is 0.259 e. The topological polar surface area (TPSA) is 71.1 Å². The number of hydrogen-bond donors (Lipinski definition) is 1. The third-order valence-corrected chi connectivity index (χ3v) is 5.46. The number of nitrogens with one attached hydrogen (secondary N) is 1. The van der Waals surface area contributed by atoms with E-state index in [1.165, 1.54) is 4.90 Å². The molecule has 1 aliphatic heterocycles. The van der Waals surface area contributed by atoms with Crippen LogP contribution in [0.1, 0.15) is 49.3 Å². The van der Waals surface area contributed by atoms with E-state index in [4.69, 9.17) is 9.47 Å². The Kier molecular flexibility index (Phi) is 7.05. The number of rotatable bonds is 8. The predicted octanol–water partition coefficient (Wildman–Crippen LogP) is 3.92. The van der Waals surface area contributed by atoms with E-state index in [0.29, 0.717) is 23.7 Å².